The van der Waals surface area contributed by atoms with Crippen molar-refractivity contribution in [2.24, 2.45) is 0 Å². The Hall–Kier alpha value is -1.97. The molecule has 1 heterocycles. The largest absolute Gasteiger partial charge is 0.341 e. The standard InChI is InChI=1S/C14H14F2N2/c1-2-7-18(13-3-5-17-6-4-13)14-9-11(15)8-12(16)10-14/h3-6,8-10H,2,7H2,1H3. The summed E-state index contributed by atoms with van der Waals surface area (Å²) in [6.45, 7) is 2.71. The van der Waals surface area contributed by atoms with E-state index >= 15 is 0 Å². The normalized spacial score (nSPS) is 10.4. The lowest BCUT2D eigenvalue weighted by Crippen LogP contribution is -2.18. The van der Waals surface area contributed by atoms with Crippen LogP contribution in [0.5, 0.6) is 0 Å². The number of benzene rings is 1. The molecule has 0 spiro atoms. The lowest BCUT2D eigenvalue weighted by Gasteiger charge is -2.24. The summed E-state index contributed by atoms with van der Waals surface area (Å²) in [6, 6.07) is 7.18. The van der Waals surface area contributed by atoms with E-state index in [-0.39, 0.29) is 0 Å². The SMILES string of the molecule is CCCN(c1ccncc1)c1cc(F)cc(F)c1. The predicted molar refractivity (Wildman–Crippen MR) is 67.9 cm³/mol. The van der Waals surface area contributed by atoms with Gasteiger partial charge >= 0.3 is 0 Å². The lowest BCUT2D eigenvalue weighted by molar-refractivity contribution is 0.583. The minimum absolute atomic E-state index is 0.514. The third-order valence-corrected chi connectivity index (χ3v) is 2.58. The highest BCUT2D eigenvalue weighted by molar-refractivity contribution is 5.62. The van der Waals surface area contributed by atoms with Gasteiger partial charge in [-0.2, -0.15) is 0 Å². The maximum Gasteiger partial charge on any atom is 0.128 e. The summed E-state index contributed by atoms with van der Waals surface area (Å²) in [6.07, 6.45) is 4.20. The molecule has 0 aliphatic rings. The van der Waals surface area contributed by atoms with E-state index in [9.17, 15) is 8.78 Å². The average molecular weight is 248 g/mol. The summed E-state index contributed by atoms with van der Waals surface area (Å²) in [5.74, 6) is -1.14. The van der Waals surface area contributed by atoms with E-state index in [1.165, 1.54) is 12.1 Å². The minimum Gasteiger partial charge on any atom is -0.341 e. The molecule has 0 amide bonds. The lowest BCUT2D eigenvalue weighted by atomic mass is 10.2. The van der Waals surface area contributed by atoms with Gasteiger partial charge in [-0.25, -0.2) is 8.78 Å². The van der Waals surface area contributed by atoms with E-state index in [2.05, 4.69) is 4.98 Å². The van der Waals surface area contributed by atoms with Crippen LogP contribution < -0.4 is 4.90 Å². The second-order valence-electron chi connectivity index (χ2n) is 3.98. The highest BCUT2D eigenvalue weighted by Crippen LogP contribution is 2.26. The Balaban J connectivity index is 2.41. The molecule has 0 radical (unpaired) electrons. The van der Waals surface area contributed by atoms with Crippen LogP contribution >= 0.6 is 0 Å². The quantitative estimate of drug-likeness (QED) is 0.815. The molecule has 1 aromatic heterocycles. The van der Waals surface area contributed by atoms with Crippen molar-refractivity contribution in [1.82, 2.24) is 4.98 Å². The first-order chi connectivity index (χ1) is 8.70. The maximum absolute atomic E-state index is 13.3. The first kappa shape index (κ1) is 12.5. The molecule has 1 aromatic carbocycles. The summed E-state index contributed by atoms with van der Waals surface area (Å²) < 4.78 is 26.5. The molecule has 0 saturated carbocycles. The molecule has 0 aliphatic carbocycles. The molecule has 0 N–H and O–H groups in total. The highest BCUT2D eigenvalue weighted by Gasteiger charge is 2.10. The molecular weight excluding hydrogens is 234 g/mol. The van der Waals surface area contributed by atoms with Gasteiger partial charge in [-0.1, -0.05) is 6.92 Å². The minimum atomic E-state index is -0.569. The van der Waals surface area contributed by atoms with Crippen molar-refractivity contribution in [2.75, 3.05) is 11.4 Å². The summed E-state index contributed by atoms with van der Waals surface area (Å²) in [4.78, 5) is 5.81. The van der Waals surface area contributed by atoms with Crippen LogP contribution in [-0.4, -0.2) is 11.5 Å². The Morgan fingerprint density at radius 1 is 1.00 bits per heavy atom. The number of aromatic nitrogens is 1. The van der Waals surface area contributed by atoms with Crippen molar-refractivity contribution in [3.8, 4) is 0 Å². The second kappa shape index (κ2) is 5.58. The Bertz CT molecular complexity index is 494. The molecule has 0 unspecified atom stereocenters. The first-order valence-electron chi connectivity index (χ1n) is 5.84. The fourth-order valence-electron chi connectivity index (χ4n) is 1.85. The van der Waals surface area contributed by atoms with Gasteiger partial charge in [0.15, 0.2) is 0 Å². The molecule has 2 aromatic rings. The topological polar surface area (TPSA) is 16.1 Å². The van der Waals surface area contributed by atoms with E-state index < -0.39 is 11.6 Å². The van der Waals surface area contributed by atoms with Gasteiger partial charge in [0.25, 0.3) is 0 Å². The molecule has 2 rings (SSSR count). The first-order valence-corrected chi connectivity index (χ1v) is 5.84. The van der Waals surface area contributed by atoms with Crippen LogP contribution in [0.15, 0.2) is 42.7 Å². The molecule has 0 saturated heterocycles. The van der Waals surface area contributed by atoms with Crippen molar-refractivity contribution in [1.29, 1.82) is 0 Å². The number of hydrogen-bond acceptors (Lipinski definition) is 2. The second-order valence-corrected chi connectivity index (χ2v) is 3.98. The highest BCUT2D eigenvalue weighted by atomic mass is 19.1. The van der Waals surface area contributed by atoms with E-state index in [1.807, 2.05) is 24.0 Å². The Morgan fingerprint density at radius 2 is 1.61 bits per heavy atom. The predicted octanol–water partition coefficient (Wildman–Crippen LogP) is 3.91. The van der Waals surface area contributed by atoms with Gasteiger partial charge in [-0.05, 0) is 30.7 Å². The molecule has 94 valence electrons. The fraction of sp³-hybridized carbons (Fsp3) is 0.214. The van der Waals surface area contributed by atoms with E-state index in [0.717, 1.165) is 18.2 Å². The average Bonchev–Trinajstić information content (AvgIpc) is 2.36. The maximum atomic E-state index is 13.3. The van der Waals surface area contributed by atoms with Gasteiger partial charge in [0, 0.05) is 36.4 Å². The smallest absolute Gasteiger partial charge is 0.128 e. The number of pyridine rings is 1. The molecule has 18 heavy (non-hydrogen) atoms. The van der Waals surface area contributed by atoms with Crippen LogP contribution in [0.4, 0.5) is 20.2 Å². The number of rotatable bonds is 4. The molecule has 0 atom stereocenters. The van der Waals surface area contributed by atoms with E-state index in [1.54, 1.807) is 12.4 Å². The third kappa shape index (κ3) is 2.83. The van der Waals surface area contributed by atoms with Crippen molar-refractivity contribution in [3.05, 3.63) is 54.4 Å². The van der Waals surface area contributed by atoms with Crippen molar-refractivity contribution in [2.45, 2.75) is 13.3 Å². The van der Waals surface area contributed by atoms with Crippen molar-refractivity contribution in [3.63, 3.8) is 0 Å². The number of halogens is 2. The van der Waals surface area contributed by atoms with E-state index in [0.29, 0.717) is 12.2 Å². The monoisotopic (exact) mass is 248 g/mol. The Kier molecular flexibility index (Phi) is 3.87. The van der Waals surface area contributed by atoms with Crippen LogP contribution in [0.25, 0.3) is 0 Å². The van der Waals surface area contributed by atoms with Gasteiger partial charge in [0.05, 0.1) is 0 Å². The molecule has 0 aliphatic heterocycles. The zero-order valence-electron chi connectivity index (χ0n) is 10.1. The molecule has 0 bridgehead atoms. The van der Waals surface area contributed by atoms with Crippen LogP contribution in [-0.2, 0) is 0 Å². The van der Waals surface area contributed by atoms with Gasteiger partial charge in [-0.3, -0.25) is 4.98 Å². The van der Waals surface area contributed by atoms with Gasteiger partial charge in [0.1, 0.15) is 11.6 Å². The van der Waals surface area contributed by atoms with Crippen molar-refractivity contribution < 1.29 is 8.78 Å². The van der Waals surface area contributed by atoms with Crippen LogP contribution in [0.2, 0.25) is 0 Å². The van der Waals surface area contributed by atoms with Gasteiger partial charge in [-0.15, -0.1) is 0 Å². The van der Waals surface area contributed by atoms with Crippen LogP contribution in [0.1, 0.15) is 13.3 Å². The molecular formula is C14H14F2N2. The van der Waals surface area contributed by atoms with Crippen LogP contribution in [0, 0.1) is 11.6 Å². The van der Waals surface area contributed by atoms with E-state index in [4.69, 9.17) is 0 Å². The number of anilines is 2. The summed E-state index contributed by atoms with van der Waals surface area (Å²) in [5.41, 5.74) is 1.39. The fourth-order valence-corrected chi connectivity index (χ4v) is 1.85. The molecule has 4 heteroatoms. The van der Waals surface area contributed by atoms with Crippen LogP contribution in [0.3, 0.4) is 0 Å². The molecule has 2 nitrogen and oxygen atoms in total. The summed E-state index contributed by atoms with van der Waals surface area (Å²) in [7, 11) is 0. The van der Waals surface area contributed by atoms with Crippen molar-refractivity contribution >= 4 is 11.4 Å². The number of nitrogens with zero attached hydrogens (tertiary/aromatic N) is 2. The number of hydrogen-bond donors (Lipinski definition) is 0. The van der Waals surface area contributed by atoms with Gasteiger partial charge < -0.3 is 4.90 Å². The summed E-state index contributed by atoms with van der Waals surface area (Å²) >= 11 is 0. The Morgan fingerprint density at radius 3 is 2.17 bits per heavy atom. The zero-order chi connectivity index (χ0) is 13.0. The summed E-state index contributed by atoms with van der Waals surface area (Å²) in [5, 5.41) is 0. The van der Waals surface area contributed by atoms with Gasteiger partial charge in [0.2, 0.25) is 0 Å². The molecule has 0 fully saturated rings. The Labute approximate surface area is 105 Å². The zero-order valence-corrected chi connectivity index (χ0v) is 10.1. The third-order valence-electron chi connectivity index (χ3n) is 2.58.